The SMILES string of the molecule is CN1CCN(c2ccccc2N(C)C(=O)c2[nH]nc3c2COc2ccccc2-3)CC1. The van der Waals surface area contributed by atoms with Crippen LogP contribution in [0.1, 0.15) is 16.1 Å². The van der Waals surface area contributed by atoms with Crippen LogP contribution in [0.2, 0.25) is 0 Å². The van der Waals surface area contributed by atoms with Crippen molar-refractivity contribution in [1.82, 2.24) is 15.1 Å². The van der Waals surface area contributed by atoms with E-state index in [4.69, 9.17) is 4.74 Å². The fraction of sp³-hybridized carbons (Fsp3) is 0.304. The number of hydrogen-bond donors (Lipinski definition) is 1. The maximum Gasteiger partial charge on any atom is 0.276 e. The van der Waals surface area contributed by atoms with Gasteiger partial charge in [0.05, 0.1) is 11.4 Å². The van der Waals surface area contributed by atoms with Gasteiger partial charge < -0.3 is 19.4 Å². The summed E-state index contributed by atoms with van der Waals surface area (Å²) in [5.74, 6) is 0.678. The fourth-order valence-electron chi connectivity index (χ4n) is 4.18. The number of para-hydroxylation sites is 3. The van der Waals surface area contributed by atoms with Crippen LogP contribution in [0.3, 0.4) is 0 Å². The predicted octanol–water partition coefficient (Wildman–Crippen LogP) is 3.00. The summed E-state index contributed by atoms with van der Waals surface area (Å²) in [5.41, 5.74) is 4.97. The number of hydrogen-bond acceptors (Lipinski definition) is 5. The molecule has 5 rings (SSSR count). The van der Waals surface area contributed by atoms with E-state index >= 15 is 0 Å². The van der Waals surface area contributed by atoms with Crippen LogP contribution in [-0.2, 0) is 6.61 Å². The maximum absolute atomic E-state index is 13.4. The minimum atomic E-state index is -0.117. The van der Waals surface area contributed by atoms with Crippen molar-refractivity contribution in [1.29, 1.82) is 0 Å². The van der Waals surface area contributed by atoms with Crippen LogP contribution in [-0.4, -0.2) is 61.3 Å². The summed E-state index contributed by atoms with van der Waals surface area (Å²) in [6.07, 6.45) is 0. The first-order valence-electron chi connectivity index (χ1n) is 10.2. The van der Waals surface area contributed by atoms with Gasteiger partial charge in [0, 0.05) is 44.4 Å². The van der Waals surface area contributed by atoms with Crippen LogP contribution in [0.4, 0.5) is 11.4 Å². The number of nitrogens with one attached hydrogen (secondary N) is 1. The van der Waals surface area contributed by atoms with Crippen molar-refractivity contribution in [2.45, 2.75) is 6.61 Å². The second-order valence-electron chi connectivity index (χ2n) is 7.85. The molecule has 2 aliphatic heterocycles. The molecule has 1 amide bonds. The zero-order chi connectivity index (χ0) is 20.7. The Balaban J connectivity index is 1.46. The van der Waals surface area contributed by atoms with Gasteiger partial charge in [-0.1, -0.05) is 24.3 Å². The topological polar surface area (TPSA) is 64.7 Å². The lowest BCUT2D eigenvalue weighted by Crippen LogP contribution is -2.45. The molecule has 30 heavy (non-hydrogen) atoms. The molecule has 0 bridgehead atoms. The highest BCUT2D eigenvalue weighted by Gasteiger charge is 2.29. The van der Waals surface area contributed by atoms with E-state index in [1.807, 2.05) is 49.5 Å². The van der Waals surface area contributed by atoms with Crippen LogP contribution in [0.25, 0.3) is 11.3 Å². The van der Waals surface area contributed by atoms with Gasteiger partial charge in [0.15, 0.2) is 0 Å². The highest BCUT2D eigenvalue weighted by Crippen LogP contribution is 2.38. The molecule has 1 aromatic heterocycles. The Labute approximate surface area is 175 Å². The number of carbonyl (C=O) groups is 1. The summed E-state index contributed by atoms with van der Waals surface area (Å²) in [6.45, 7) is 4.24. The third kappa shape index (κ3) is 3.11. The van der Waals surface area contributed by atoms with Crippen molar-refractivity contribution in [2.75, 3.05) is 50.1 Å². The number of ether oxygens (including phenoxy) is 1. The Kier molecular flexibility index (Phi) is 4.67. The number of rotatable bonds is 3. The lowest BCUT2D eigenvalue weighted by Gasteiger charge is -2.36. The van der Waals surface area contributed by atoms with Crippen molar-refractivity contribution in [3.63, 3.8) is 0 Å². The highest BCUT2D eigenvalue weighted by molar-refractivity contribution is 6.08. The lowest BCUT2D eigenvalue weighted by molar-refractivity contribution is 0.0985. The van der Waals surface area contributed by atoms with Gasteiger partial charge in [0.2, 0.25) is 0 Å². The summed E-state index contributed by atoms with van der Waals surface area (Å²) >= 11 is 0. The minimum Gasteiger partial charge on any atom is -0.488 e. The molecule has 3 heterocycles. The second kappa shape index (κ2) is 7.50. The molecule has 154 valence electrons. The number of piperazine rings is 1. The lowest BCUT2D eigenvalue weighted by atomic mass is 10.0. The summed E-state index contributed by atoms with van der Waals surface area (Å²) in [6, 6.07) is 15.9. The van der Waals surface area contributed by atoms with Crippen LogP contribution in [0.5, 0.6) is 5.75 Å². The zero-order valence-electron chi connectivity index (χ0n) is 17.3. The van der Waals surface area contributed by atoms with Crippen LogP contribution in [0.15, 0.2) is 48.5 Å². The Morgan fingerprint density at radius 3 is 2.63 bits per heavy atom. The van der Waals surface area contributed by atoms with E-state index in [1.54, 1.807) is 4.90 Å². The van der Waals surface area contributed by atoms with Crippen molar-refractivity contribution in [3.8, 4) is 17.0 Å². The van der Waals surface area contributed by atoms with E-state index in [-0.39, 0.29) is 5.91 Å². The largest absolute Gasteiger partial charge is 0.488 e. The standard InChI is InChI=1S/C23H25N5O2/c1-26-11-13-28(14-12-26)19-9-5-4-8-18(19)27(2)23(29)22-17-15-30-20-10-6-3-7-16(20)21(17)24-25-22/h3-10H,11-15H2,1-2H3,(H,24,25). The van der Waals surface area contributed by atoms with E-state index in [1.165, 1.54) is 0 Å². The van der Waals surface area contributed by atoms with E-state index in [0.717, 1.165) is 60.1 Å². The molecule has 1 fully saturated rings. The average molecular weight is 403 g/mol. The zero-order valence-corrected chi connectivity index (χ0v) is 17.3. The van der Waals surface area contributed by atoms with Crippen LogP contribution >= 0.6 is 0 Å². The first-order chi connectivity index (χ1) is 14.6. The number of anilines is 2. The van der Waals surface area contributed by atoms with Gasteiger partial charge in [-0.3, -0.25) is 9.89 Å². The molecule has 1 saturated heterocycles. The van der Waals surface area contributed by atoms with E-state index in [9.17, 15) is 4.79 Å². The first-order valence-corrected chi connectivity index (χ1v) is 10.2. The van der Waals surface area contributed by atoms with Gasteiger partial charge in [0.1, 0.15) is 23.7 Å². The first kappa shape index (κ1) is 18.7. The molecule has 7 heteroatoms. The van der Waals surface area contributed by atoms with Gasteiger partial charge in [0.25, 0.3) is 5.91 Å². The molecule has 0 radical (unpaired) electrons. The number of nitrogens with zero attached hydrogens (tertiary/aromatic N) is 4. The number of amides is 1. The molecule has 0 unspecified atom stereocenters. The van der Waals surface area contributed by atoms with Crippen molar-refractivity contribution in [2.24, 2.45) is 0 Å². The normalized spacial score (nSPS) is 15.9. The quantitative estimate of drug-likeness (QED) is 0.728. The number of fused-ring (bicyclic) bond motifs is 3. The minimum absolute atomic E-state index is 0.117. The smallest absolute Gasteiger partial charge is 0.276 e. The Bertz CT molecular complexity index is 1080. The average Bonchev–Trinajstić information content (AvgIpc) is 3.23. The van der Waals surface area contributed by atoms with E-state index < -0.39 is 0 Å². The molecule has 0 saturated carbocycles. The second-order valence-corrected chi connectivity index (χ2v) is 7.85. The summed E-state index contributed by atoms with van der Waals surface area (Å²) in [4.78, 5) is 19.8. The van der Waals surface area contributed by atoms with E-state index in [2.05, 4.69) is 33.1 Å². The molecule has 2 aromatic carbocycles. The Morgan fingerprint density at radius 1 is 1.07 bits per heavy atom. The van der Waals surface area contributed by atoms with Gasteiger partial charge in [-0.05, 0) is 31.3 Å². The molecule has 3 aromatic rings. The molecule has 0 aliphatic carbocycles. The molecule has 0 spiro atoms. The summed E-state index contributed by atoms with van der Waals surface area (Å²) < 4.78 is 5.87. The molecular formula is C23H25N5O2. The van der Waals surface area contributed by atoms with Crippen molar-refractivity contribution >= 4 is 17.3 Å². The number of aromatic nitrogens is 2. The van der Waals surface area contributed by atoms with Gasteiger partial charge in [-0.15, -0.1) is 0 Å². The maximum atomic E-state index is 13.4. The van der Waals surface area contributed by atoms with Crippen LogP contribution < -0.4 is 14.5 Å². The summed E-state index contributed by atoms with van der Waals surface area (Å²) in [5, 5.41) is 7.42. The van der Waals surface area contributed by atoms with Gasteiger partial charge in [-0.25, -0.2) is 0 Å². The van der Waals surface area contributed by atoms with Gasteiger partial charge >= 0.3 is 0 Å². The van der Waals surface area contributed by atoms with Gasteiger partial charge in [-0.2, -0.15) is 5.10 Å². The number of carbonyl (C=O) groups excluding carboxylic acids is 1. The number of benzene rings is 2. The van der Waals surface area contributed by atoms with Crippen molar-refractivity contribution < 1.29 is 9.53 Å². The Morgan fingerprint density at radius 2 is 1.80 bits per heavy atom. The monoisotopic (exact) mass is 403 g/mol. The molecule has 1 N–H and O–H groups in total. The third-order valence-corrected chi connectivity index (χ3v) is 5.99. The predicted molar refractivity (Wildman–Crippen MR) is 117 cm³/mol. The van der Waals surface area contributed by atoms with E-state index in [0.29, 0.717) is 12.3 Å². The third-order valence-electron chi connectivity index (χ3n) is 5.99. The highest BCUT2D eigenvalue weighted by atomic mass is 16.5. The Hall–Kier alpha value is -3.32. The number of aromatic amines is 1. The van der Waals surface area contributed by atoms with Crippen LogP contribution in [0, 0.1) is 0 Å². The number of H-pyrrole nitrogens is 1. The molecular weight excluding hydrogens is 378 g/mol. The molecule has 0 atom stereocenters. The molecule has 7 nitrogen and oxygen atoms in total. The van der Waals surface area contributed by atoms with Crippen molar-refractivity contribution in [3.05, 3.63) is 59.8 Å². The number of likely N-dealkylation sites (N-methyl/N-ethyl adjacent to an activating group) is 1. The fourth-order valence-corrected chi connectivity index (χ4v) is 4.18. The molecule has 2 aliphatic rings. The summed E-state index contributed by atoms with van der Waals surface area (Å²) in [7, 11) is 3.96.